The third kappa shape index (κ3) is 3.09. The number of hydrogen-bond donors (Lipinski definition) is 2. The van der Waals surface area contributed by atoms with Gasteiger partial charge in [0.15, 0.2) is 0 Å². The molecule has 2 rings (SSSR count). The zero-order valence-corrected chi connectivity index (χ0v) is 10.1. The Kier molecular flexibility index (Phi) is 3.97. The summed E-state index contributed by atoms with van der Waals surface area (Å²) >= 11 is 0. The summed E-state index contributed by atoms with van der Waals surface area (Å²) < 4.78 is 5.65. The van der Waals surface area contributed by atoms with Crippen LogP contribution < -0.4 is 10.2 Å². The summed E-state index contributed by atoms with van der Waals surface area (Å²) in [6.07, 6.45) is 3.47. The molecule has 0 unspecified atom stereocenters. The van der Waals surface area contributed by atoms with Crippen LogP contribution in [0.5, 0.6) is 5.75 Å². The third-order valence-electron chi connectivity index (χ3n) is 2.61. The number of nitrogens with zero attached hydrogens (tertiary/aromatic N) is 1. The van der Waals surface area contributed by atoms with E-state index in [0.29, 0.717) is 12.1 Å². The maximum Gasteiger partial charge on any atom is 0.488 e. The number of aryl methyl sites for hydroxylation is 1. The van der Waals surface area contributed by atoms with Gasteiger partial charge in [-0.25, -0.2) is 0 Å². The molecule has 0 saturated heterocycles. The molecule has 0 aliphatic rings. The first-order valence-electron chi connectivity index (χ1n) is 5.65. The normalized spacial score (nSPS) is 10.2. The van der Waals surface area contributed by atoms with E-state index in [9.17, 15) is 0 Å². The molecule has 18 heavy (non-hydrogen) atoms. The Morgan fingerprint density at radius 3 is 2.72 bits per heavy atom. The molecular formula is C13H14BNO3. The van der Waals surface area contributed by atoms with Crippen LogP contribution in [0.3, 0.4) is 0 Å². The zero-order chi connectivity index (χ0) is 13.0. The van der Waals surface area contributed by atoms with E-state index < -0.39 is 7.12 Å². The van der Waals surface area contributed by atoms with Crippen molar-refractivity contribution in [1.29, 1.82) is 0 Å². The van der Waals surface area contributed by atoms with Gasteiger partial charge in [-0.05, 0) is 30.1 Å². The lowest BCUT2D eigenvalue weighted by Crippen LogP contribution is -2.29. The molecule has 0 atom stereocenters. The van der Waals surface area contributed by atoms with Crippen molar-refractivity contribution in [2.24, 2.45) is 0 Å². The minimum absolute atomic E-state index is 0.440. The van der Waals surface area contributed by atoms with Gasteiger partial charge in [-0.3, -0.25) is 4.98 Å². The van der Waals surface area contributed by atoms with Gasteiger partial charge >= 0.3 is 7.12 Å². The maximum atomic E-state index is 9.05. The molecule has 0 fully saturated rings. The molecule has 0 aliphatic carbocycles. The number of benzene rings is 1. The molecule has 0 bridgehead atoms. The smallest absolute Gasteiger partial charge is 0.488 e. The second-order valence-electron chi connectivity index (χ2n) is 4.05. The molecule has 4 nitrogen and oxygen atoms in total. The van der Waals surface area contributed by atoms with E-state index in [1.54, 1.807) is 30.6 Å². The molecular weight excluding hydrogens is 229 g/mol. The average molecular weight is 243 g/mol. The van der Waals surface area contributed by atoms with Crippen LogP contribution in [0.1, 0.15) is 11.1 Å². The summed E-state index contributed by atoms with van der Waals surface area (Å²) in [6, 6.07) is 8.87. The molecule has 92 valence electrons. The van der Waals surface area contributed by atoms with Crippen LogP contribution in [0, 0.1) is 6.92 Å². The number of hydrogen-bond acceptors (Lipinski definition) is 4. The highest BCUT2D eigenvalue weighted by molar-refractivity contribution is 6.58. The molecule has 0 radical (unpaired) electrons. The van der Waals surface area contributed by atoms with Gasteiger partial charge in [-0.15, -0.1) is 0 Å². The minimum Gasteiger partial charge on any atom is -0.489 e. The topological polar surface area (TPSA) is 62.6 Å². The summed E-state index contributed by atoms with van der Waals surface area (Å²) in [5, 5.41) is 18.1. The van der Waals surface area contributed by atoms with E-state index in [-0.39, 0.29) is 0 Å². The van der Waals surface area contributed by atoms with Crippen molar-refractivity contribution >= 4 is 12.6 Å². The van der Waals surface area contributed by atoms with Crippen molar-refractivity contribution in [3.05, 3.63) is 53.9 Å². The summed E-state index contributed by atoms with van der Waals surface area (Å²) in [5.41, 5.74) is 2.31. The highest BCUT2D eigenvalue weighted by Gasteiger charge is 2.12. The van der Waals surface area contributed by atoms with Crippen LogP contribution in [-0.4, -0.2) is 22.2 Å². The van der Waals surface area contributed by atoms with E-state index >= 15 is 0 Å². The molecule has 0 spiro atoms. The van der Waals surface area contributed by atoms with Gasteiger partial charge in [0, 0.05) is 18.0 Å². The number of pyridine rings is 1. The fourth-order valence-corrected chi connectivity index (χ4v) is 1.64. The molecule has 0 saturated carbocycles. The highest BCUT2D eigenvalue weighted by atomic mass is 16.5. The SMILES string of the molecule is Cc1cc(B(O)O)ccc1OCc1cccnc1. The number of ether oxygens (including phenoxy) is 1. The van der Waals surface area contributed by atoms with Crippen LogP contribution in [0.4, 0.5) is 0 Å². The quantitative estimate of drug-likeness (QED) is 0.774. The summed E-state index contributed by atoms with van der Waals surface area (Å²) in [6.45, 7) is 2.31. The van der Waals surface area contributed by atoms with Gasteiger partial charge in [-0.2, -0.15) is 0 Å². The van der Waals surface area contributed by atoms with Crippen molar-refractivity contribution in [3.8, 4) is 5.75 Å². The van der Waals surface area contributed by atoms with Crippen LogP contribution in [0.25, 0.3) is 0 Å². The van der Waals surface area contributed by atoms with Crippen LogP contribution in [0.15, 0.2) is 42.7 Å². The summed E-state index contributed by atoms with van der Waals surface area (Å²) in [4.78, 5) is 4.01. The molecule has 2 aromatic rings. The second kappa shape index (κ2) is 5.66. The second-order valence-corrected chi connectivity index (χ2v) is 4.05. The Labute approximate surface area is 106 Å². The predicted molar refractivity (Wildman–Crippen MR) is 69.6 cm³/mol. The van der Waals surface area contributed by atoms with Crippen molar-refractivity contribution in [3.63, 3.8) is 0 Å². The van der Waals surface area contributed by atoms with Gasteiger partial charge < -0.3 is 14.8 Å². The van der Waals surface area contributed by atoms with Crippen molar-refractivity contribution in [2.45, 2.75) is 13.5 Å². The van der Waals surface area contributed by atoms with Crippen molar-refractivity contribution < 1.29 is 14.8 Å². The Balaban J connectivity index is 2.06. The largest absolute Gasteiger partial charge is 0.489 e. The lowest BCUT2D eigenvalue weighted by molar-refractivity contribution is 0.303. The molecule has 2 N–H and O–H groups in total. The maximum absolute atomic E-state index is 9.05. The van der Waals surface area contributed by atoms with Crippen LogP contribution >= 0.6 is 0 Å². The molecule has 0 amide bonds. The van der Waals surface area contributed by atoms with Gasteiger partial charge in [0.1, 0.15) is 12.4 Å². The first-order chi connectivity index (χ1) is 8.66. The summed E-state index contributed by atoms with van der Waals surface area (Å²) in [5.74, 6) is 0.725. The standard InChI is InChI=1S/C13H14BNO3/c1-10-7-12(14(16)17)4-5-13(10)18-9-11-3-2-6-15-8-11/h2-8,16-17H,9H2,1H3. The molecule has 1 aromatic carbocycles. The Bertz CT molecular complexity index is 517. The van der Waals surface area contributed by atoms with E-state index in [4.69, 9.17) is 14.8 Å². The summed E-state index contributed by atoms with van der Waals surface area (Å²) in [7, 11) is -1.45. The minimum atomic E-state index is -1.45. The highest BCUT2D eigenvalue weighted by Crippen LogP contribution is 2.17. The van der Waals surface area contributed by atoms with Crippen molar-refractivity contribution in [2.75, 3.05) is 0 Å². The van der Waals surface area contributed by atoms with Gasteiger partial charge in [0.05, 0.1) is 0 Å². The van der Waals surface area contributed by atoms with Gasteiger partial charge in [-0.1, -0.05) is 18.2 Å². The van der Waals surface area contributed by atoms with Gasteiger partial charge in [0.25, 0.3) is 0 Å². The first-order valence-corrected chi connectivity index (χ1v) is 5.65. The van der Waals surface area contributed by atoms with Crippen molar-refractivity contribution in [1.82, 2.24) is 4.98 Å². The molecule has 5 heteroatoms. The average Bonchev–Trinajstić information content (AvgIpc) is 2.38. The van der Waals surface area contributed by atoms with Crippen LogP contribution in [-0.2, 0) is 6.61 Å². The fourth-order valence-electron chi connectivity index (χ4n) is 1.64. The predicted octanol–water partition coefficient (Wildman–Crippen LogP) is 0.649. The number of rotatable bonds is 4. The fraction of sp³-hybridized carbons (Fsp3) is 0.154. The Morgan fingerprint density at radius 2 is 2.11 bits per heavy atom. The zero-order valence-electron chi connectivity index (χ0n) is 10.1. The number of aromatic nitrogens is 1. The Hall–Kier alpha value is -1.85. The monoisotopic (exact) mass is 243 g/mol. The molecule has 1 aromatic heterocycles. The lowest BCUT2D eigenvalue weighted by Gasteiger charge is -2.10. The lowest BCUT2D eigenvalue weighted by atomic mass is 9.79. The van der Waals surface area contributed by atoms with E-state index in [0.717, 1.165) is 16.9 Å². The molecule has 0 aliphatic heterocycles. The van der Waals surface area contributed by atoms with E-state index in [1.165, 1.54) is 0 Å². The van der Waals surface area contributed by atoms with E-state index in [2.05, 4.69) is 4.98 Å². The Morgan fingerprint density at radius 1 is 1.28 bits per heavy atom. The van der Waals surface area contributed by atoms with E-state index in [1.807, 2.05) is 19.1 Å². The van der Waals surface area contributed by atoms with Gasteiger partial charge in [0.2, 0.25) is 0 Å². The van der Waals surface area contributed by atoms with Crippen LogP contribution in [0.2, 0.25) is 0 Å². The molecule has 1 heterocycles. The third-order valence-corrected chi connectivity index (χ3v) is 2.61. The first kappa shape index (κ1) is 12.6.